The van der Waals surface area contributed by atoms with Gasteiger partial charge in [-0.3, -0.25) is 0 Å². The molecule has 1 N–H and O–H groups in total. The molecule has 17 heavy (non-hydrogen) atoms. The summed E-state index contributed by atoms with van der Waals surface area (Å²) in [6.07, 6.45) is 0. The predicted molar refractivity (Wildman–Crippen MR) is 70.1 cm³/mol. The highest BCUT2D eigenvalue weighted by molar-refractivity contribution is 8.00. The summed E-state index contributed by atoms with van der Waals surface area (Å²) in [5.74, 6) is -0.282. The smallest absolute Gasteiger partial charge is 0.352 e. The summed E-state index contributed by atoms with van der Waals surface area (Å²) in [5, 5.41) is 10.7. The van der Waals surface area contributed by atoms with Crippen LogP contribution in [0.1, 0.15) is 24.3 Å². The molecule has 0 saturated carbocycles. The Kier molecular flexibility index (Phi) is 3.12. The monoisotopic (exact) mass is 254 g/mol. The van der Waals surface area contributed by atoms with Gasteiger partial charge in [-0.1, -0.05) is 13.8 Å². The first-order valence-electron chi connectivity index (χ1n) is 5.72. The van der Waals surface area contributed by atoms with E-state index in [-0.39, 0.29) is 0 Å². The van der Waals surface area contributed by atoms with Gasteiger partial charge in [0, 0.05) is 25.9 Å². The van der Waals surface area contributed by atoms with Crippen LogP contribution >= 0.6 is 11.8 Å². The van der Waals surface area contributed by atoms with Crippen LogP contribution < -0.4 is 4.90 Å². The lowest BCUT2D eigenvalue weighted by Gasteiger charge is -2.33. The zero-order chi connectivity index (χ0) is 12.7. The maximum absolute atomic E-state index is 11.1. The fourth-order valence-corrected chi connectivity index (χ4v) is 3.53. The van der Waals surface area contributed by atoms with Crippen molar-refractivity contribution >= 4 is 23.4 Å². The van der Waals surface area contributed by atoms with E-state index in [2.05, 4.69) is 18.7 Å². The highest BCUT2D eigenvalue weighted by Gasteiger charge is 2.29. The molecule has 1 aromatic heterocycles. The van der Waals surface area contributed by atoms with Crippen molar-refractivity contribution in [2.75, 3.05) is 18.5 Å². The van der Waals surface area contributed by atoms with Gasteiger partial charge in [-0.05, 0) is 12.0 Å². The lowest BCUT2D eigenvalue weighted by atomic mass is 10.1. The van der Waals surface area contributed by atoms with Crippen molar-refractivity contribution in [2.24, 2.45) is 13.0 Å². The molecule has 0 aromatic carbocycles. The molecule has 1 aliphatic rings. The maximum atomic E-state index is 11.1. The predicted octanol–water partition coefficient (Wildman–Crippen LogP) is 2.29. The van der Waals surface area contributed by atoms with Gasteiger partial charge in [0.05, 0.1) is 10.7 Å². The molecule has 94 valence electrons. The van der Waals surface area contributed by atoms with Crippen LogP contribution in [0.4, 0.5) is 5.69 Å². The van der Waals surface area contributed by atoms with E-state index in [4.69, 9.17) is 5.11 Å². The number of hydrogen-bond acceptors (Lipinski definition) is 3. The van der Waals surface area contributed by atoms with E-state index < -0.39 is 5.97 Å². The van der Waals surface area contributed by atoms with Gasteiger partial charge >= 0.3 is 5.97 Å². The number of aromatic nitrogens is 1. The van der Waals surface area contributed by atoms with E-state index in [0.717, 1.165) is 17.3 Å². The van der Waals surface area contributed by atoms with Crippen LogP contribution in [0.2, 0.25) is 0 Å². The van der Waals surface area contributed by atoms with Crippen molar-refractivity contribution in [3.8, 4) is 0 Å². The third-order valence-electron chi connectivity index (χ3n) is 3.25. The largest absolute Gasteiger partial charge is 0.477 e. The number of nitrogens with zero attached hydrogens (tertiary/aromatic N) is 2. The minimum atomic E-state index is -0.864. The Bertz CT molecular complexity index is 454. The molecule has 2 rings (SSSR count). The van der Waals surface area contributed by atoms with Crippen LogP contribution in [0.3, 0.4) is 0 Å². The van der Waals surface area contributed by atoms with E-state index in [1.54, 1.807) is 22.4 Å². The quantitative estimate of drug-likeness (QED) is 0.879. The standard InChI is InChI=1S/C12H18N2O2S/c1-7(2)10-6-13(3)8-5-9(12(15)16)14(4)11(8)17-10/h5,7,10H,6H2,1-4H3,(H,15,16). The zero-order valence-corrected chi connectivity index (χ0v) is 11.4. The fourth-order valence-electron chi connectivity index (χ4n) is 2.08. The van der Waals surface area contributed by atoms with Crippen molar-refractivity contribution < 1.29 is 9.90 Å². The summed E-state index contributed by atoms with van der Waals surface area (Å²) in [4.78, 5) is 13.3. The van der Waals surface area contributed by atoms with Gasteiger partial charge in [0.15, 0.2) is 0 Å². The highest BCUT2D eigenvalue weighted by atomic mass is 32.2. The summed E-state index contributed by atoms with van der Waals surface area (Å²) in [5.41, 5.74) is 1.39. The lowest BCUT2D eigenvalue weighted by Crippen LogP contribution is -2.34. The van der Waals surface area contributed by atoms with Crippen LogP contribution in [0.15, 0.2) is 11.1 Å². The Hall–Kier alpha value is -1.10. The zero-order valence-electron chi connectivity index (χ0n) is 10.6. The van der Waals surface area contributed by atoms with Gasteiger partial charge in [0.2, 0.25) is 0 Å². The number of carboxylic acid groups (broad SMARTS) is 1. The molecular formula is C12H18N2O2S. The number of hydrogen-bond donors (Lipinski definition) is 1. The van der Waals surface area contributed by atoms with E-state index in [0.29, 0.717) is 16.9 Å². The number of fused-ring (bicyclic) bond motifs is 1. The van der Waals surface area contributed by atoms with Crippen LogP contribution in [0.5, 0.6) is 0 Å². The van der Waals surface area contributed by atoms with Gasteiger partial charge in [-0.25, -0.2) is 4.79 Å². The second-order valence-corrected chi connectivity index (χ2v) is 6.09. The molecule has 0 aliphatic carbocycles. The van der Waals surface area contributed by atoms with E-state index in [9.17, 15) is 4.79 Å². The Morgan fingerprint density at radius 1 is 1.53 bits per heavy atom. The average molecular weight is 254 g/mol. The normalized spacial score (nSPS) is 19.6. The van der Waals surface area contributed by atoms with Crippen molar-refractivity contribution in [3.05, 3.63) is 11.8 Å². The number of aromatic carboxylic acids is 1. The molecule has 5 heteroatoms. The molecule has 0 bridgehead atoms. The lowest BCUT2D eigenvalue weighted by molar-refractivity contribution is 0.0685. The van der Waals surface area contributed by atoms with E-state index in [1.807, 2.05) is 14.1 Å². The molecule has 0 spiro atoms. The minimum absolute atomic E-state index is 0.360. The molecule has 1 atom stereocenters. The first kappa shape index (κ1) is 12.4. The first-order chi connectivity index (χ1) is 7.91. The summed E-state index contributed by atoms with van der Waals surface area (Å²) in [7, 11) is 3.85. The second kappa shape index (κ2) is 4.29. The summed E-state index contributed by atoms with van der Waals surface area (Å²) in [6, 6.07) is 1.77. The first-order valence-corrected chi connectivity index (χ1v) is 6.60. The van der Waals surface area contributed by atoms with Crippen LogP contribution in [-0.2, 0) is 7.05 Å². The van der Waals surface area contributed by atoms with Crippen molar-refractivity contribution in [1.29, 1.82) is 0 Å². The van der Waals surface area contributed by atoms with Gasteiger partial charge < -0.3 is 14.6 Å². The Morgan fingerprint density at radius 2 is 2.18 bits per heavy atom. The summed E-state index contributed by atoms with van der Waals surface area (Å²) >= 11 is 1.79. The summed E-state index contributed by atoms with van der Waals surface area (Å²) in [6.45, 7) is 5.38. The molecule has 1 aromatic rings. The Labute approximate surface area is 106 Å². The molecular weight excluding hydrogens is 236 g/mol. The van der Waals surface area contributed by atoms with Crippen LogP contribution in [0.25, 0.3) is 0 Å². The van der Waals surface area contributed by atoms with Crippen LogP contribution in [0, 0.1) is 5.92 Å². The second-order valence-electron chi connectivity index (χ2n) is 4.86. The van der Waals surface area contributed by atoms with Gasteiger partial charge in [0.1, 0.15) is 5.69 Å². The van der Waals surface area contributed by atoms with Crippen molar-refractivity contribution in [3.63, 3.8) is 0 Å². The molecule has 1 unspecified atom stereocenters. The fraction of sp³-hybridized carbons (Fsp3) is 0.583. The molecule has 0 amide bonds. The number of carbonyl (C=O) groups is 1. The number of rotatable bonds is 2. The average Bonchev–Trinajstić information content (AvgIpc) is 2.57. The molecule has 0 saturated heterocycles. The highest BCUT2D eigenvalue weighted by Crippen LogP contribution is 2.41. The van der Waals surface area contributed by atoms with E-state index in [1.165, 1.54) is 0 Å². The molecule has 1 aliphatic heterocycles. The number of anilines is 1. The molecule has 4 nitrogen and oxygen atoms in total. The third kappa shape index (κ3) is 2.04. The Morgan fingerprint density at radius 3 is 2.71 bits per heavy atom. The van der Waals surface area contributed by atoms with Crippen LogP contribution in [-0.4, -0.2) is 34.5 Å². The Balaban J connectivity index is 2.43. The molecule has 2 heterocycles. The number of carboxylic acids is 1. The SMILES string of the molecule is CC(C)C1CN(C)c2cc(C(=O)O)n(C)c2S1. The van der Waals surface area contributed by atoms with Crippen molar-refractivity contribution in [2.45, 2.75) is 24.1 Å². The van der Waals surface area contributed by atoms with Gasteiger partial charge in [-0.2, -0.15) is 0 Å². The third-order valence-corrected chi connectivity index (χ3v) is 4.95. The van der Waals surface area contributed by atoms with Crippen molar-refractivity contribution in [1.82, 2.24) is 4.57 Å². The van der Waals surface area contributed by atoms with Gasteiger partial charge in [-0.15, -0.1) is 11.8 Å². The van der Waals surface area contributed by atoms with E-state index >= 15 is 0 Å². The maximum Gasteiger partial charge on any atom is 0.352 e. The summed E-state index contributed by atoms with van der Waals surface area (Å²) < 4.78 is 1.79. The minimum Gasteiger partial charge on any atom is -0.477 e. The molecule has 0 fully saturated rings. The molecule has 0 radical (unpaired) electrons. The topological polar surface area (TPSA) is 45.5 Å². The van der Waals surface area contributed by atoms with Gasteiger partial charge in [0.25, 0.3) is 0 Å². The number of thioether (sulfide) groups is 1.